The van der Waals surface area contributed by atoms with Gasteiger partial charge in [-0.3, -0.25) is 4.79 Å². The summed E-state index contributed by atoms with van der Waals surface area (Å²) in [7, 11) is 0. The van der Waals surface area contributed by atoms with E-state index in [4.69, 9.17) is 4.74 Å². The van der Waals surface area contributed by atoms with E-state index in [1.54, 1.807) is 0 Å². The minimum Gasteiger partial charge on any atom is -0.364 e. The lowest BCUT2D eigenvalue weighted by molar-refractivity contribution is -0.928. The molecule has 128 valence electrons. The predicted molar refractivity (Wildman–Crippen MR) is 80.2 cm³/mol. The largest absolute Gasteiger partial charge is 0.416 e. The van der Waals surface area contributed by atoms with E-state index in [-0.39, 0.29) is 24.2 Å². The van der Waals surface area contributed by atoms with Gasteiger partial charge >= 0.3 is 6.18 Å². The van der Waals surface area contributed by atoms with Gasteiger partial charge in [-0.25, -0.2) is 0 Å². The van der Waals surface area contributed by atoms with Gasteiger partial charge in [-0.2, -0.15) is 13.2 Å². The van der Waals surface area contributed by atoms with E-state index in [9.17, 15) is 18.0 Å². The van der Waals surface area contributed by atoms with Gasteiger partial charge in [0.2, 0.25) is 0 Å². The number of alkyl halides is 3. The molecule has 1 saturated heterocycles. The van der Waals surface area contributed by atoms with Crippen LogP contribution in [0.3, 0.4) is 0 Å². The van der Waals surface area contributed by atoms with Crippen molar-refractivity contribution in [3.05, 3.63) is 29.8 Å². The summed E-state index contributed by atoms with van der Waals surface area (Å²) in [6.45, 7) is 7.21. The van der Waals surface area contributed by atoms with Gasteiger partial charge in [0.25, 0.3) is 5.91 Å². The molecular weight excluding hydrogens is 309 g/mol. The molecule has 4 nitrogen and oxygen atoms in total. The Morgan fingerprint density at radius 2 is 1.74 bits per heavy atom. The van der Waals surface area contributed by atoms with Crippen LogP contribution in [0.1, 0.15) is 26.3 Å². The summed E-state index contributed by atoms with van der Waals surface area (Å²) in [6, 6.07) is 4.17. The van der Waals surface area contributed by atoms with Gasteiger partial charge < -0.3 is 15.0 Å². The van der Waals surface area contributed by atoms with Crippen molar-refractivity contribution in [1.29, 1.82) is 0 Å². The molecular formula is C16H22F3N2O2+. The number of anilines is 1. The zero-order valence-electron chi connectivity index (χ0n) is 13.4. The van der Waals surface area contributed by atoms with E-state index < -0.39 is 11.7 Å². The van der Waals surface area contributed by atoms with E-state index in [1.165, 1.54) is 12.1 Å². The molecule has 1 aromatic carbocycles. The minimum atomic E-state index is -4.37. The molecule has 2 N–H and O–H groups in total. The fourth-order valence-electron chi connectivity index (χ4n) is 2.85. The highest BCUT2D eigenvalue weighted by atomic mass is 19.4. The lowest BCUT2D eigenvalue weighted by Gasteiger charge is -2.35. The van der Waals surface area contributed by atoms with E-state index in [2.05, 4.69) is 5.32 Å². The Hall–Kier alpha value is -1.60. The standard InChI is InChI=1S/C16H21F3N2O2/c1-10-8-21(9-11(2)23-10)12(3)15(22)20-14-6-4-13(5-7-14)16(17,18)19/h4-7,10-12H,8-9H2,1-3H3,(H,20,22)/p+1/t10-,11-,12-/m0/s1. The van der Waals surface area contributed by atoms with E-state index in [0.29, 0.717) is 5.69 Å². The average molecular weight is 331 g/mol. The predicted octanol–water partition coefficient (Wildman–Crippen LogP) is 1.72. The van der Waals surface area contributed by atoms with Crippen LogP contribution in [0, 0.1) is 0 Å². The number of nitrogens with one attached hydrogen (secondary N) is 2. The maximum absolute atomic E-state index is 12.5. The van der Waals surface area contributed by atoms with Crippen molar-refractivity contribution in [2.24, 2.45) is 0 Å². The van der Waals surface area contributed by atoms with Crippen LogP contribution in [-0.2, 0) is 15.7 Å². The summed E-state index contributed by atoms with van der Waals surface area (Å²) in [5, 5.41) is 2.68. The number of morpholine rings is 1. The zero-order chi connectivity index (χ0) is 17.2. The maximum Gasteiger partial charge on any atom is 0.416 e. The molecule has 2 rings (SSSR count). The van der Waals surface area contributed by atoms with Crippen molar-refractivity contribution >= 4 is 11.6 Å². The first-order valence-electron chi connectivity index (χ1n) is 7.65. The summed E-state index contributed by atoms with van der Waals surface area (Å²) in [5.41, 5.74) is -0.367. The first kappa shape index (κ1) is 17.7. The third-order valence-corrected chi connectivity index (χ3v) is 4.05. The summed E-state index contributed by atoms with van der Waals surface area (Å²) < 4.78 is 43.2. The highest BCUT2D eigenvalue weighted by Gasteiger charge is 2.33. The molecule has 23 heavy (non-hydrogen) atoms. The SMILES string of the molecule is C[C@H]1C[NH+]([C@@H](C)C(=O)Nc2ccc(C(F)(F)F)cc2)C[C@H](C)O1. The fraction of sp³-hybridized carbons (Fsp3) is 0.562. The Labute approximate surface area is 133 Å². The van der Waals surface area contributed by atoms with E-state index in [0.717, 1.165) is 30.1 Å². The smallest absolute Gasteiger partial charge is 0.364 e. The Bertz CT molecular complexity index is 535. The number of hydrogen-bond donors (Lipinski definition) is 2. The van der Waals surface area contributed by atoms with Gasteiger partial charge in [-0.15, -0.1) is 0 Å². The number of amides is 1. The number of ether oxygens (including phenoxy) is 1. The second kappa shape index (κ2) is 6.88. The normalized spacial score (nSPS) is 26.6. The Morgan fingerprint density at radius 1 is 1.22 bits per heavy atom. The van der Waals surface area contributed by atoms with E-state index in [1.807, 2.05) is 20.8 Å². The molecule has 0 radical (unpaired) electrons. The number of carbonyl (C=O) groups is 1. The van der Waals surface area contributed by atoms with Gasteiger partial charge in [0.05, 0.1) is 5.56 Å². The monoisotopic (exact) mass is 331 g/mol. The van der Waals surface area contributed by atoms with Crippen LogP contribution >= 0.6 is 0 Å². The van der Waals surface area contributed by atoms with Crippen molar-refractivity contribution in [2.45, 2.75) is 45.2 Å². The van der Waals surface area contributed by atoms with Crippen molar-refractivity contribution in [2.75, 3.05) is 18.4 Å². The molecule has 0 saturated carbocycles. The summed E-state index contributed by atoms with van der Waals surface area (Å²) in [6.07, 6.45) is -4.22. The van der Waals surface area contributed by atoms with Crippen LogP contribution in [0.15, 0.2) is 24.3 Å². The van der Waals surface area contributed by atoms with Crippen LogP contribution in [0.5, 0.6) is 0 Å². The lowest BCUT2D eigenvalue weighted by Crippen LogP contribution is -3.19. The molecule has 0 unspecified atom stereocenters. The Balaban J connectivity index is 1.98. The molecule has 0 aromatic heterocycles. The van der Waals surface area contributed by atoms with Gasteiger partial charge in [0.15, 0.2) is 6.04 Å². The number of benzene rings is 1. The third-order valence-electron chi connectivity index (χ3n) is 4.05. The van der Waals surface area contributed by atoms with Crippen molar-refractivity contribution < 1.29 is 27.6 Å². The molecule has 0 spiro atoms. The molecule has 1 aliphatic rings. The molecule has 1 amide bonds. The second-order valence-electron chi connectivity index (χ2n) is 6.11. The molecule has 7 heteroatoms. The lowest BCUT2D eigenvalue weighted by atomic mass is 10.1. The zero-order valence-corrected chi connectivity index (χ0v) is 13.4. The molecule has 1 heterocycles. The van der Waals surface area contributed by atoms with Crippen LogP contribution in [0.4, 0.5) is 18.9 Å². The van der Waals surface area contributed by atoms with Crippen LogP contribution in [0.25, 0.3) is 0 Å². The highest BCUT2D eigenvalue weighted by molar-refractivity contribution is 5.93. The Kier molecular flexibility index (Phi) is 5.31. The highest BCUT2D eigenvalue weighted by Crippen LogP contribution is 2.29. The van der Waals surface area contributed by atoms with Crippen molar-refractivity contribution in [3.63, 3.8) is 0 Å². The van der Waals surface area contributed by atoms with Gasteiger partial charge in [-0.1, -0.05) is 0 Å². The first-order chi connectivity index (χ1) is 10.7. The van der Waals surface area contributed by atoms with Gasteiger partial charge in [-0.05, 0) is 45.0 Å². The van der Waals surface area contributed by atoms with Crippen molar-refractivity contribution in [1.82, 2.24) is 0 Å². The molecule has 0 aliphatic carbocycles. The topological polar surface area (TPSA) is 42.8 Å². The minimum absolute atomic E-state index is 0.0788. The number of halogens is 3. The molecule has 1 aliphatic heterocycles. The number of rotatable bonds is 3. The van der Waals surface area contributed by atoms with Crippen LogP contribution < -0.4 is 10.2 Å². The van der Waals surface area contributed by atoms with Gasteiger partial charge in [0, 0.05) is 5.69 Å². The van der Waals surface area contributed by atoms with Crippen molar-refractivity contribution in [3.8, 4) is 0 Å². The molecule has 1 fully saturated rings. The quantitative estimate of drug-likeness (QED) is 0.886. The molecule has 3 atom stereocenters. The van der Waals surface area contributed by atoms with E-state index >= 15 is 0 Å². The maximum atomic E-state index is 12.5. The second-order valence-corrected chi connectivity index (χ2v) is 6.11. The summed E-state index contributed by atoms with van der Waals surface area (Å²) in [4.78, 5) is 13.4. The average Bonchev–Trinajstić information content (AvgIpc) is 2.45. The summed E-state index contributed by atoms with van der Waals surface area (Å²) >= 11 is 0. The first-order valence-corrected chi connectivity index (χ1v) is 7.65. The number of quaternary nitrogens is 1. The van der Waals surface area contributed by atoms with Gasteiger partial charge in [0.1, 0.15) is 25.3 Å². The van der Waals surface area contributed by atoms with Crippen LogP contribution in [-0.4, -0.2) is 37.2 Å². The Morgan fingerprint density at radius 3 is 2.22 bits per heavy atom. The van der Waals surface area contributed by atoms with Crippen LogP contribution in [0.2, 0.25) is 0 Å². The fourth-order valence-corrected chi connectivity index (χ4v) is 2.85. The summed E-state index contributed by atoms with van der Waals surface area (Å²) in [5.74, 6) is -0.207. The molecule has 1 aromatic rings. The number of hydrogen-bond acceptors (Lipinski definition) is 2. The number of carbonyl (C=O) groups excluding carboxylic acids is 1. The molecule has 0 bridgehead atoms. The third kappa shape index (κ3) is 4.68.